The van der Waals surface area contributed by atoms with Crippen LogP contribution in [0.3, 0.4) is 0 Å². The summed E-state index contributed by atoms with van der Waals surface area (Å²) in [5.74, 6) is -0.196. The van der Waals surface area contributed by atoms with Crippen molar-refractivity contribution in [2.45, 2.75) is 19.8 Å². The van der Waals surface area contributed by atoms with Crippen molar-refractivity contribution in [1.29, 1.82) is 0 Å². The molecule has 2 aromatic rings. The summed E-state index contributed by atoms with van der Waals surface area (Å²) in [5, 5.41) is 4.30. The van der Waals surface area contributed by atoms with E-state index in [1.54, 1.807) is 0 Å². The average Bonchev–Trinajstić information content (AvgIpc) is 2.81. The molecule has 7 heteroatoms. The fourth-order valence-corrected chi connectivity index (χ4v) is 1.80. The number of methoxy groups -OCH3 is 1. The molecule has 19 heavy (non-hydrogen) atoms. The molecule has 0 aliphatic heterocycles. The molecule has 0 spiro atoms. The van der Waals surface area contributed by atoms with Gasteiger partial charge in [-0.1, -0.05) is 24.9 Å². The molecule has 2 heterocycles. The topological polar surface area (TPSA) is 65.7 Å². The van der Waals surface area contributed by atoms with Crippen molar-refractivity contribution >= 4 is 23.1 Å². The minimum atomic E-state index is -0.487. The first-order chi connectivity index (χ1) is 9.17. The van der Waals surface area contributed by atoms with Gasteiger partial charge in [0.2, 0.25) is 5.88 Å². The second-order valence-electron chi connectivity index (χ2n) is 3.91. The molecule has 0 radical (unpaired) electrons. The zero-order valence-electron chi connectivity index (χ0n) is 10.7. The van der Waals surface area contributed by atoms with Gasteiger partial charge >= 0.3 is 5.97 Å². The molecule has 0 bridgehead atoms. The lowest BCUT2D eigenvalue weighted by molar-refractivity contribution is 0.0602. The Kier molecular flexibility index (Phi) is 4.21. The number of hydrogen-bond acceptors (Lipinski definition) is 5. The van der Waals surface area contributed by atoms with Gasteiger partial charge in [-0.15, -0.1) is 0 Å². The SMILES string of the molecule is CCCCOc1nc(Cl)cn2ncc(C(=O)OC)c12. The van der Waals surface area contributed by atoms with Crippen LogP contribution in [0.25, 0.3) is 5.52 Å². The Morgan fingerprint density at radius 1 is 1.53 bits per heavy atom. The number of hydrogen-bond donors (Lipinski definition) is 0. The van der Waals surface area contributed by atoms with E-state index in [1.807, 2.05) is 0 Å². The Balaban J connectivity index is 2.46. The van der Waals surface area contributed by atoms with Crippen LogP contribution in [0, 0.1) is 0 Å². The second-order valence-corrected chi connectivity index (χ2v) is 4.30. The summed E-state index contributed by atoms with van der Waals surface area (Å²) in [6, 6.07) is 0. The lowest BCUT2D eigenvalue weighted by Gasteiger charge is -2.07. The van der Waals surface area contributed by atoms with Crippen LogP contribution in [0.2, 0.25) is 5.15 Å². The zero-order chi connectivity index (χ0) is 13.8. The maximum atomic E-state index is 11.7. The molecule has 2 rings (SSSR count). The summed E-state index contributed by atoms with van der Waals surface area (Å²) in [4.78, 5) is 15.8. The van der Waals surface area contributed by atoms with E-state index >= 15 is 0 Å². The van der Waals surface area contributed by atoms with E-state index in [2.05, 4.69) is 17.0 Å². The fourth-order valence-electron chi connectivity index (χ4n) is 1.63. The van der Waals surface area contributed by atoms with Gasteiger partial charge in [-0.2, -0.15) is 10.1 Å². The van der Waals surface area contributed by atoms with Gasteiger partial charge in [-0.05, 0) is 6.42 Å². The number of carbonyl (C=O) groups excluding carboxylic acids is 1. The van der Waals surface area contributed by atoms with Crippen LogP contribution in [0.4, 0.5) is 0 Å². The monoisotopic (exact) mass is 283 g/mol. The van der Waals surface area contributed by atoms with Gasteiger partial charge in [0.05, 0.1) is 26.1 Å². The van der Waals surface area contributed by atoms with Crippen LogP contribution in [-0.2, 0) is 4.74 Å². The Morgan fingerprint density at radius 2 is 2.32 bits per heavy atom. The normalized spacial score (nSPS) is 10.7. The molecule has 0 amide bonds. The summed E-state index contributed by atoms with van der Waals surface area (Å²) in [5.41, 5.74) is 0.769. The molecule has 0 fully saturated rings. The van der Waals surface area contributed by atoms with Crippen LogP contribution in [-0.4, -0.2) is 34.3 Å². The lowest BCUT2D eigenvalue weighted by atomic mass is 10.3. The Morgan fingerprint density at radius 3 is 3.00 bits per heavy atom. The molecular formula is C12H14ClN3O3. The van der Waals surface area contributed by atoms with E-state index < -0.39 is 5.97 Å². The minimum Gasteiger partial charge on any atom is -0.476 e. The molecule has 0 saturated heterocycles. The fraction of sp³-hybridized carbons (Fsp3) is 0.417. The molecule has 0 aliphatic carbocycles. The van der Waals surface area contributed by atoms with Crippen molar-refractivity contribution in [3.63, 3.8) is 0 Å². The van der Waals surface area contributed by atoms with E-state index in [0.717, 1.165) is 12.8 Å². The van der Waals surface area contributed by atoms with Gasteiger partial charge in [0.15, 0.2) is 5.15 Å². The molecule has 0 unspecified atom stereocenters. The van der Waals surface area contributed by atoms with Gasteiger partial charge in [0, 0.05) is 0 Å². The number of nitrogens with zero attached hydrogens (tertiary/aromatic N) is 3. The van der Waals surface area contributed by atoms with Gasteiger partial charge in [-0.3, -0.25) is 0 Å². The average molecular weight is 284 g/mol. The zero-order valence-corrected chi connectivity index (χ0v) is 11.5. The highest BCUT2D eigenvalue weighted by Crippen LogP contribution is 2.24. The second kappa shape index (κ2) is 5.88. The summed E-state index contributed by atoms with van der Waals surface area (Å²) >= 11 is 5.89. The first kappa shape index (κ1) is 13.6. The molecule has 0 aromatic carbocycles. The predicted molar refractivity (Wildman–Crippen MR) is 69.7 cm³/mol. The number of fused-ring (bicyclic) bond motifs is 1. The highest BCUT2D eigenvalue weighted by atomic mass is 35.5. The molecular weight excluding hydrogens is 270 g/mol. The first-order valence-corrected chi connectivity index (χ1v) is 6.30. The molecule has 0 atom stereocenters. The van der Waals surface area contributed by atoms with Crippen molar-refractivity contribution in [3.8, 4) is 5.88 Å². The number of carbonyl (C=O) groups is 1. The maximum absolute atomic E-state index is 11.7. The number of rotatable bonds is 5. The van der Waals surface area contributed by atoms with Gasteiger partial charge in [0.25, 0.3) is 0 Å². The van der Waals surface area contributed by atoms with Crippen molar-refractivity contribution in [2.24, 2.45) is 0 Å². The molecule has 2 aromatic heterocycles. The van der Waals surface area contributed by atoms with Crippen molar-refractivity contribution < 1.29 is 14.3 Å². The van der Waals surface area contributed by atoms with Gasteiger partial charge in [-0.25, -0.2) is 9.31 Å². The third kappa shape index (κ3) is 2.78. The number of esters is 1. The number of ether oxygens (including phenoxy) is 2. The van der Waals surface area contributed by atoms with Crippen LogP contribution in [0.1, 0.15) is 30.1 Å². The predicted octanol–water partition coefficient (Wildman–Crippen LogP) is 2.35. The standard InChI is InChI=1S/C12H14ClN3O3/c1-3-4-5-19-11-10-8(12(17)18-2)6-14-16(10)7-9(13)15-11/h6-7H,3-5H2,1-2H3. The van der Waals surface area contributed by atoms with E-state index in [-0.39, 0.29) is 5.15 Å². The first-order valence-electron chi connectivity index (χ1n) is 5.92. The highest BCUT2D eigenvalue weighted by Gasteiger charge is 2.19. The summed E-state index contributed by atoms with van der Waals surface area (Å²) in [6.45, 7) is 2.56. The van der Waals surface area contributed by atoms with E-state index in [9.17, 15) is 4.79 Å². The van der Waals surface area contributed by atoms with E-state index in [4.69, 9.17) is 21.1 Å². The summed E-state index contributed by atoms with van der Waals surface area (Å²) in [7, 11) is 1.31. The number of halogens is 1. The molecule has 102 valence electrons. The van der Waals surface area contributed by atoms with Crippen LogP contribution in [0.15, 0.2) is 12.4 Å². The summed E-state index contributed by atoms with van der Waals surface area (Å²) < 4.78 is 11.7. The van der Waals surface area contributed by atoms with Gasteiger partial charge < -0.3 is 9.47 Å². The Bertz CT molecular complexity index is 597. The van der Waals surface area contributed by atoms with Crippen LogP contribution >= 0.6 is 11.6 Å². The van der Waals surface area contributed by atoms with Crippen molar-refractivity contribution in [2.75, 3.05) is 13.7 Å². The maximum Gasteiger partial charge on any atom is 0.341 e. The van der Waals surface area contributed by atoms with E-state index in [0.29, 0.717) is 23.6 Å². The smallest absolute Gasteiger partial charge is 0.341 e. The Labute approximate surface area is 115 Å². The molecule has 0 aliphatic rings. The highest BCUT2D eigenvalue weighted by molar-refractivity contribution is 6.29. The minimum absolute atomic E-state index is 0.249. The third-order valence-corrected chi connectivity index (χ3v) is 2.76. The molecule has 6 nitrogen and oxygen atoms in total. The van der Waals surface area contributed by atoms with E-state index in [1.165, 1.54) is 24.0 Å². The number of unbranched alkanes of at least 4 members (excludes halogenated alkanes) is 1. The number of aromatic nitrogens is 3. The molecule has 0 saturated carbocycles. The van der Waals surface area contributed by atoms with Crippen LogP contribution in [0.5, 0.6) is 5.88 Å². The lowest BCUT2D eigenvalue weighted by Crippen LogP contribution is -2.05. The quantitative estimate of drug-likeness (QED) is 0.622. The Hall–Kier alpha value is -1.82. The van der Waals surface area contributed by atoms with Gasteiger partial charge in [0.1, 0.15) is 11.1 Å². The third-order valence-electron chi connectivity index (χ3n) is 2.58. The van der Waals surface area contributed by atoms with Crippen molar-refractivity contribution in [1.82, 2.24) is 14.6 Å². The van der Waals surface area contributed by atoms with Crippen LogP contribution < -0.4 is 4.74 Å². The largest absolute Gasteiger partial charge is 0.476 e. The molecule has 0 N–H and O–H groups in total. The summed E-state index contributed by atoms with van der Waals surface area (Å²) in [6.07, 6.45) is 4.81. The van der Waals surface area contributed by atoms with Crippen molar-refractivity contribution in [3.05, 3.63) is 23.1 Å².